The van der Waals surface area contributed by atoms with E-state index in [4.69, 9.17) is 0 Å². The molecule has 1 amide bonds. The van der Waals surface area contributed by atoms with E-state index < -0.39 is 17.7 Å². The number of amides is 1. The Morgan fingerprint density at radius 3 is 2.35 bits per heavy atom. The SMILES string of the molecule is CN(C)c1ccc(C2C(C(=O)c3cccs3)=C(O)C(=O)N2CCc2ccccc2)cc1. The maximum Gasteiger partial charge on any atom is 0.290 e. The van der Waals surface area contributed by atoms with Crippen LogP contribution < -0.4 is 4.90 Å². The standard InChI is InChI=1S/C25H24N2O3S/c1-26(2)19-12-10-18(11-13-19)22-21(23(28)20-9-6-16-31-20)24(29)25(30)27(22)15-14-17-7-4-3-5-8-17/h3-13,16,22,29H,14-15H2,1-2H3. The summed E-state index contributed by atoms with van der Waals surface area (Å²) < 4.78 is 0. The van der Waals surface area contributed by atoms with Gasteiger partial charge in [-0.25, -0.2) is 0 Å². The number of thiophene rings is 1. The zero-order valence-corrected chi connectivity index (χ0v) is 18.3. The molecule has 0 saturated heterocycles. The van der Waals surface area contributed by atoms with Crippen LogP contribution in [0.5, 0.6) is 0 Å². The molecule has 2 aromatic carbocycles. The minimum atomic E-state index is -0.623. The van der Waals surface area contributed by atoms with Gasteiger partial charge in [-0.1, -0.05) is 48.5 Å². The van der Waals surface area contributed by atoms with Crippen LogP contribution in [0, 0.1) is 0 Å². The Balaban J connectivity index is 1.71. The number of aliphatic hydroxyl groups is 1. The summed E-state index contributed by atoms with van der Waals surface area (Å²) in [7, 11) is 3.91. The first kappa shape index (κ1) is 20.9. The van der Waals surface area contributed by atoms with Crippen LogP contribution in [0.4, 0.5) is 5.69 Å². The van der Waals surface area contributed by atoms with Gasteiger partial charge >= 0.3 is 0 Å². The number of hydrogen-bond acceptors (Lipinski definition) is 5. The van der Waals surface area contributed by atoms with Crippen LogP contribution in [0.3, 0.4) is 0 Å². The molecule has 1 aromatic heterocycles. The van der Waals surface area contributed by atoms with Crippen molar-refractivity contribution in [3.8, 4) is 0 Å². The Bertz CT molecular complexity index is 1100. The van der Waals surface area contributed by atoms with Gasteiger partial charge in [-0.3, -0.25) is 9.59 Å². The molecule has 3 aromatic rings. The van der Waals surface area contributed by atoms with Crippen LogP contribution in [0.15, 0.2) is 83.4 Å². The summed E-state index contributed by atoms with van der Waals surface area (Å²) in [5.41, 5.74) is 3.06. The molecule has 6 heteroatoms. The number of ketones is 1. The van der Waals surface area contributed by atoms with E-state index in [-0.39, 0.29) is 11.4 Å². The lowest BCUT2D eigenvalue weighted by Gasteiger charge is -2.27. The molecule has 2 heterocycles. The van der Waals surface area contributed by atoms with Crippen LogP contribution in [-0.2, 0) is 11.2 Å². The highest BCUT2D eigenvalue weighted by Gasteiger charge is 2.43. The average molecular weight is 433 g/mol. The predicted octanol–water partition coefficient (Wildman–Crippen LogP) is 4.64. The number of anilines is 1. The number of carbonyl (C=O) groups is 2. The first-order valence-electron chi connectivity index (χ1n) is 10.1. The monoisotopic (exact) mass is 432 g/mol. The van der Waals surface area contributed by atoms with Crippen LogP contribution in [0.2, 0.25) is 0 Å². The van der Waals surface area contributed by atoms with Crippen molar-refractivity contribution in [1.29, 1.82) is 0 Å². The Morgan fingerprint density at radius 2 is 1.74 bits per heavy atom. The minimum absolute atomic E-state index is 0.151. The molecule has 1 aliphatic heterocycles. The van der Waals surface area contributed by atoms with E-state index in [2.05, 4.69) is 0 Å². The first-order chi connectivity index (χ1) is 15.0. The summed E-state index contributed by atoms with van der Waals surface area (Å²) in [5.74, 6) is -1.25. The second-order valence-corrected chi connectivity index (χ2v) is 8.64. The number of carbonyl (C=O) groups excluding carboxylic acids is 2. The number of aliphatic hydroxyl groups excluding tert-OH is 1. The average Bonchev–Trinajstić information content (AvgIpc) is 3.41. The third kappa shape index (κ3) is 4.11. The zero-order chi connectivity index (χ0) is 22.0. The summed E-state index contributed by atoms with van der Waals surface area (Å²) in [6.45, 7) is 0.397. The Hall–Kier alpha value is -3.38. The second kappa shape index (κ2) is 8.78. The molecule has 1 N–H and O–H groups in total. The van der Waals surface area contributed by atoms with Gasteiger partial charge in [-0.2, -0.15) is 0 Å². The Kier molecular flexibility index (Phi) is 5.91. The van der Waals surface area contributed by atoms with Gasteiger partial charge in [-0.15, -0.1) is 11.3 Å². The normalized spacial score (nSPS) is 16.1. The molecule has 1 unspecified atom stereocenters. The number of hydrogen-bond donors (Lipinski definition) is 1. The predicted molar refractivity (Wildman–Crippen MR) is 124 cm³/mol. The molecule has 0 bridgehead atoms. The summed E-state index contributed by atoms with van der Waals surface area (Å²) in [6, 6.07) is 20.5. The first-order valence-corrected chi connectivity index (χ1v) is 11.0. The van der Waals surface area contributed by atoms with Crippen LogP contribution in [-0.4, -0.2) is 42.3 Å². The van der Waals surface area contributed by atoms with E-state index in [0.717, 1.165) is 16.8 Å². The van der Waals surface area contributed by atoms with Gasteiger partial charge < -0.3 is 14.9 Å². The highest BCUT2D eigenvalue weighted by Crippen LogP contribution is 2.40. The van der Waals surface area contributed by atoms with Gasteiger partial charge in [0.25, 0.3) is 5.91 Å². The van der Waals surface area contributed by atoms with Crippen LogP contribution in [0.25, 0.3) is 0 Å². The number of benzene rings is 2. The van der Waals surface area contributed by atoms with Crippen molar-refractivity contribution in [3.05, 3.63) is 99.4 Å². The summed E-state index contributed by atoms with van der Waals surface area (Å²) in [6.07, 6.45) is 0.632. The fourth-order valence-corrected chi connectivity index (χ4v) is 4.53. The Labute approximate surface area is 185 Å². The second-order valence-electron chi connectivity index (χ2n) is 7.69. The van der Waals surface area contributed by atoms with Crippen molar-refractivity contribution in [2.45, 2.75) is 12.5 Å². The summed E-state index contributed by atoms with van der Waals surface area (Å²) >= 11 is 1.30. The maximum absolute atomic E-state index is 13.2. The van der Waals surface area contributed by atoms with Crippen molar-refractivity contribution >= 4 is 28.7 Å². The molecule has 5 nitrogen and oxygen atoms in total. The highest BCUT2D eigenvalue weighted by atomic mass is 32.1. The fourth-order valence-electron chi connectivity index (χ4n) is 3.85. The summed E-state index contributed by atoms with van der Waals surface area (Å²) in [5, 5.41) is 12.5. The van der Waals surface area contributed by atoms with Gasteiger partial charge in [0.15, 0.2) is 5.76 Å². The van der Waals surface area contributed by atoms with Gasteiger partial charge in [0.1, 0.15) is 0 Å². The fraction of sp³-hybridized carbons (Fsp3) is 0.200. The third-order valence-corrected chi connectivity index (χ3v) is 6.37. The molecule has 1 atom stereocenters. The maximum atomic E-state index is 13.2. The topological polar surface area (TPSA) is 60.9 Å². The van der Waals surface area contributed by atoms with Gasteiger partial charge in [0.05, 0.1) is 16.5 Å². The highest BCUT2D eigenvalue weighted by molar-refractivity contribution is 7.12. The van der Waals surface area contributed by atoms with E-state index >= 15 is 0 Å². The molecular formula is C25H24N2O3S. The van der Waals surface area contributed by atoms with E-state index in [0.29, 0.717) is 17.8 Å². The molecule has 31 heavy (non-hydrogen) atoms. The van der Waals surface area contributed by atoms with Gasteiger partial charge in [0.2, 0.25) is 5.78 Å². The number of Topliss-reactive ketones (excluding diaryl/α,β-unsaturated/α-hetero) is 1. The number of nitrogens with zero attached hydrogens (tertiary/aromatic N) is 2. The Morgan fingerprint density at radius 1 is 1.03 bits per heavy atom. The van der Waals surface area contributed by atoms with E-state index in [9.17, 15) is 14.7 Å². The molecule has 0 radical (unpaired) electrons. The van der Waals surface area contributed by atoms with Crippen LogP contribution >= 0.6 is 11.3 Å². The molecule has 0 spiro atoms. The van der Waals surface area contributed by atoms with Crippen LogP contribution in [0.1, 0.15) is 26.8 Å². The minimum Gasteiger partial charge on any atom is -0.503 e. The lowest BCUT2D eigenvalue weighted by molar-refractivity contribution is -0.129. The largest absolute Gasteiger partial charge is 0.503 e. The van der Waals surface area contributed by atoms with Crippen molar-refractivity contribution in [3.63, 3.8) is 0 Å². The van der Waals surface area contributed by atoms with Crippen molar-refractivity contribution in [2.75, 3.05) is 25.5 Å². The van der Waals surface area contributed by atoms with Crippen molar-refractivity contribution in [2.24, 2.45) is 0 Å². The van der Waals surface area contributed by atoms with Crippen molar-refractivity contribution in [1.82, 2.24) is 4.90 Å². The number of rotatable bonds is 7. The molecule has 0 fully saturated rings. The molecule has 158 valence electrons. The lowest BCUT2D eigenvalue weighted by atomic mass is 9.95. The van der Waals surface area contributed by atoms with E-state index in [1.54, 1.807) is 17.0 Å². The van der Waals surface area contributed by atoms with E-state index in [1.807, 2.05) is 79.0 Å². The summed E-state index contributed by atoms with van der Waals surface area (Å²) in [4.78, 5) is 30.4. The lowest BCUT2D eigenvalue weighted by Crippen LogP contribution is -2.33. The molecule has 0 aliphatic carbocycles. The van der Waals surface area contributed by atoms with Gasteiger partial charge in [0, 0.05) is 26.3 Å². The molecular weight excluding hydrogens is 408 g/mol. The van der Waals surface area contributed by atoms with Gasteiger partial charge in [-0.05, 0) is 41.1 Å². The quantitative estimate of drug-likeness (QED) is 0.553. The zero-order valence-electron chi connectivity index (χ0n) is 17.5. The molecule has 1 aliphatic rings. The molecule has 4 rings (SSSR count). The molecule has 0 saturated carbocycles. The van der Waals surface area contributed by atoms with Crippen molar-refractivity contribution < 1.29 is 14.7 Å². The third-order valence-electron chi connectivity index (χ3n) is 5.50. The van der Waals surface area contributed by atoms with E-state index in [1.165, 1.54) is 11.3 Å². The smallest absolute Gasteiger partial charge is 0.290 e.